The molecular formula is C21H24F3N5O2. The third kappa shape index (κ3) is 6.53. The third-order valence-corrected chi connectivity index (χ3v) is 4.15. The molecule has 0 aromatic carbocycles. The number of carbonyl (C=O) groups excluding carboxylic acids is 1. The largest absolute Gasteiger partial charge is 0.440 e. The molecule has 31 heavy (non-hydrogen) atoms. The van der Waals surface area contributed by atoms with E-state index in [2.05, 4.69) is 38.3 Å². The van der Waals surface area contributed by atoms with E-state index in [-0.39, 0.29) is 11.6 Å². The zero-order valence-electron chi connectivity index (χ0n) is 17.5. The molecule has 4 rings (SSSR count). The van der Waals surface area contributed by atoms with Crippen LogP contribution < -0.4 is 0 Å². The average Bonchev–Trinajstić information content (AvgIpc) is 3.49. The fourth-order valence-corrected chi connectivity index (χ4v) is 2.71. The minimum atomic E-state index is -2.76. The van der Waals surface area contributed by atoms with Gasteiger partial charge in [-0.15, -0.1) is 0 Å². The predicted octanol–water partition coefficient (Wildman–Crippen LogP) is 5.21. The van der Waals surface area contributed by atoms with Crippen molar-refractivity contribution in [2.45, 2.75) is 46.5 Å². The number of hydrogen-bond donors (Lipinski definition) is 1. The third-order valence-electron chi connectivity index (χ3n) is 4.15. The summed E-state index contributed by atoms with van der Waals surface area (Å²) < 4.78 is 42.6. The number of imidazole rings is 1. The van der Waals surface area contributed by atoms with Gasteiger partial charge in [-0.1, -0.05) is 20.3 Å². The first-order valence-electron chi connectivity index (χ1n) is 9.70. The SMILES string of the molecule is CC(=O)c1ocnc1C(F)F.CCCc1[nH]cnc1CC.Fc1cccn2nccc12. The Bertz CT molecular complexity index is 1090. The Morgan fingerprint density at radius 1 is 1.26 bits per heavy atom. The van der Waals surface area contributed by atoms with Crippen LogP contribution in [0.5, 0.6) is 0 Å². The van der Waals surface area contributed by atoms with E-state index < -0.39 is 17.9 Å². The van der Waals surface area contributed by atoms with Gasteiger partial charge in [-0.05, 0) is 31.0 Å². The maximum absolute atomic E-state index is 12.8. The van der Waals surface area contributed by atoms with Crippen molar-refractivity contribution in [3.63, 3.8) is 0 Å². The number of alkyl halides is 2. The second kappa shape index (κ2) is 11.7. The number of pyridine rings is 1. The molecule has 0 aliphatic rings. The van der Waals surface area contributed by atoms with Gasteiger partial charge in [0.15, 0.2) is 23.6 Å². The van der Waals surface area contributed by atoms with Gasteiger partial charge >= 0.3 is 0 Å². The Balaban J connectivity index is 0.000000165. The van der Waals surface area contributed by atoms with E-state index in [4.69, 9.17) is 0 Å². The fourth-order valence-electron chi connectivity index (χ4n) is 2.71. The van der Waals surface area contributed by atoms with Gasteiger partial charge in [-0.3, -0.25) is 4.79 Å². The lowest BCUT2D eigenvalue weighted by atomic mass is 10.2. The minimum Gasteiger partial charge on any atom is -0.440 e. The van der Waals surface area contributed by atoms with Crippen LogP contribution in [0.3, 0.4) is 0 Å². The molecule has 4 aromatic rings. The van der Waals surface area contributed by atoms with Crippen LogP contribution in [0.1, 0.15) is 61.3 Å². The van der Waals surface area contributed by atoms with Crippen molar-refractivity contribution in [2.24, 2.45) is 0 Å². The molecular weight excluding hydrogens is 411 g/mol. The molecule has 0 unspecified atom stereocenters. The first-order chi connectivity index (χ1) is 14.9. The summed E-state index contributed by atoms with van der Waals surface area (Å²) in [4.78, 5) is 21.1. The summed E-state index contributed by atoms with van der Waals surface area (Å²) in [6.45, 7) is 5.46. The number of hydrogen-bond acceptors (Lipinski definition) is 5. The van der Waals surface area contributed by atoms with Gasteiger partial charge in [-0.25, -0.2) is 27.7 Å². The molecule has 0 fully saturated rings. The molecule has 0 radical (unpaired) electrons. The highest BCUT2D eigenvalue weighted by molar-refractivity contribution is 5.92. The molecule has 0 spiro atoms. The molecule has 1 N–H and O–H groups in total. The number of fused-ring (bicyclic) bond motifs is 1. The molecule has 166 valence electrons. The summed E-state index contributed by atoms with van der Waals surface area (Å²) in [5, 5.41) is 3.86. The predicted molar refractivity (Wildman–Crippen MR) is 109 cm³/mol. The topological polar surface area (TPSA) is 89.1 Å². The molecule has 0 bridgehead atoms. The first-order valence-corrected chi connectivity index (χ1v) is 9.70. The number of Topliss-reactive ketones (excluding diaryl/α,β-unsaturated/α-hetero) is 1. The van der Waals surface area contributed by atoms with Crippen molar-refractivity contribution in [2.75, 3.05) is 0 Å². The van der Waals surface area contributed by atoms with E-state index in [1.54, 1.807) is 30.9 Å². The van der Waals surface area contributed by atoms with Gasteiger partial charge in [0.2, 0.25) is 0 Å². The van der Waals surface area contributed by atoms with Crippen molar-refractivity contribution < 1.29 is 22.4 Å². The quantitative estimate of drug-likeness (QED) is 0.435. The highest BCUT2D eigenvalue weighted by Crippen LogP contribution is 2.21. The Morgan fingerprint density at radius 3 is 2.61 bits per heavy atom. The Kier molecular flexibility index (Phi) is 8.98. The second-order valence-electron chi connectivity index (χ2n) is 6.37. The highest BCUT2D eigenvalue weighted by atomic mass is 19.3. The first kappa shape index (κ1) is 23.8. The van der Waals surface area contributed by atoms with Crippen LogP contribution in [0.25, 0.3) is 5.52 Å². The van der Waals surface area contributed by atoms with E-state index >= 15 is 0 Å². The fraction of sp³-hybridized carbons (Fsp3) is 0.333. The van der Waals surface area contributed by atoms with Crippen molar-refractivity contribution in [3.8, 4) is 0 Å². The number of aromatic nitrogens is 5. The lowest BCUT2D eigenvalue weighted by Gasteiger charge is -1.95. The van der Waals surface area contributed by atoms with Crippen LogP contribution in [0, 0.1) is 5.82 Å². The summed E-state index contributed by atoms with van der Waals surface area (Å²) in [6.07, 6.45) is 6.49. The number of aryl methyl sites for hydroxylation is 2. The van der Waals surface area contributed by atoms with Gasteiger partial charge in [0.25, 0.3) is 6.43 Å². The average molecular weight is 435 g/mol. The van der Waals surface area contributed by atoms with Crippen molar-refractivity contribution in [1.82, 2.24) is 24.6 Å². The van der Waals surface area contributed by atoms with Crippen LogP contribution in [-0.4, -0.2) is 30.3 Å². The van der Waals surface area contributed by atoms with Gasteiger partial charge in [0.05, 0.1) is 18.2 Å². The summed E-state index contributed by atoms with van der Waals surface area (Å²) in [5.41, 5.74) is 2.46. The van der Waals surface area contributed by atoms with Crippen molar-refractivity contribution in [1.29, 1.82) is 0 Å². The molecule has 0 aliphatic heterocycles. The van der Waals surface area contributed by atoms with Crippen LogP contribution in [0.4, 0.5) is 13.2 Å². The molecule has 0 amide bonds. The standard InChI is InChI=1S/C8H14N2.C7H5FN2.C6H5F2NO2/c1-3-5-8-7(4-2)9-6-10-8;8-6-2-1-5-10-7(6)3-4-9-10;1-3(10)5-4(6(7)8)9-2-11-5/h6H,3-5H2,1-2H3,(H,9,10);1-5H;2,6H,1H3. The molecule has 4 heterocycles. The number of rotatable bonds is 5. The number of halogens is 3. The van der Waals surface area contributed by atoms with E-state index in [0.717, 1.165) is 26.2 Å². The summed E-state index contributed by atoms with van der Waals surface area (Å²) >= 11 is 0. The number of nitrogens with zero attached hydrogens (tertiary/aromatic N) is 4. The molecule has 7 nitrogen and oxygen atoms in total. The Labute approximate surface area is 177 Å². The van der Waals surface area contributed by atoms with E-state index in [0.29, 0.717) is 5.52 Å². The molecule has 0 aliphatic carbocycles. The summed E-state index contributed by atoms with van der Waals surface area (Å²) in [5.74, 6) is -1.14. The second-order valence-corrected chi connectivity index (χ2v) is 6.37. The van der Waals surface area contributed by atoms with Gasteiger partial charge in [0, 0.05) is 18.8 Å². The van der Waals surface area contributed by atoms with E-state index in [9.17, 15) is 18.0 Å². The molecule has 0 saturated heterocycles. The maximum atomic E-state index is 12.8. The van der Waals surface area contributed by atoms with Crippen LogP contribution in [0.2, 0.25) is 0 Å². The molecule has 4 aromatic heterocycles. The number of carbonyl (C=O) groups is 1. The van der Waals surface area contributed by atoms with Crippen LogP contribution >= 0.6 is 0 Å². The van der Waals surface area contributed by atoms with E-state index in [1.165, 1.54) is 28.4 Å². The zero-order chi connectivity index (χ0) is 22.8. The smallest absolute Gasteiger partial charge is 0.284 e. The molecule has 10 heteroatoms. The van der Waals surface area contributed by atoms with Crippen LogP contribution in [0.15, 0.2) is 47.7 Å². The minimum absolute atomic E-state index is 0.236. The lowest BCUT2D eigenvalue weighted by Crippen LogP contribution is -1.96. The molecule has 0 atom stereocenters. The van der Waals surface area contributed by atoms with Crippen molar-refractivity contribution >= 4 is 11.3 Å². The van der Waals surface area contributed by atoms with Crippen LogP contribution in [-0.2, 0) is 12.8 Å². The van der Waals surface area contributed by atoms with Gasteiger partial charge in [0.1, 0.15) is 11.3 Å². The van der Waals surface area contributed by atoms with Gasteiger partial charge < -0.3 is 9.40 Å². The highest BCUT2D eigenvalue weighted by Gasteiger charge is 2.20. The Hall–Kier alpha value is -3.43. The Morgan fingerprint density at radius 2 is 2.03 bits per heavy atom. The molecule has 0 saturated carbocycles. The monoisotopic (exact) mass is 435 g/mol. The number of oxazole rings is 1. The zero-order valence-corrected chi connectivity index (χ0v) is 17.5. The summed E-state index contributed by atoms with van der Waals surface area (Å²) in [7, 11) is 0. The normalized spacial score (nSPS) is 10.4. The number of aromatic amines is 1. The number of nitrogens with one attached hydrogen (secondary N) is 1. The number of H-pyrrole nitrogens is 1. The lowest BCUT2D eigenvalue weighted by molar-refractivity contribution is 0.0967. The van der Waals surface area contributed by atoms with Crippen molar-refractivity contribution in [3.05, 3.63) is 72.0 Å². The van der Waals surface area contributed by atoms with E-state index in [1.807, 2.05) is 0 Å². The summed E-state index contributed by atoms with van der Waals surface area (Å²) in [6, 6.07) is 4.67. The van der Waals surface area contributed by atoms with Gasteiger partial charge in [-0.2, -0.15) is 5.10 Å². The maximum Gasteiger partial charge on any atom is 0.284 e. The number of ketones is 1.